The molecule has 146 valence electrons. The Kier molecular flexibility index (Phi) is 6.93. The summed E-state index contributed by atoms with van der Waals surface area (Å²) in [4.78, 5) is 9.49. The lowest BCUT2D eigenvalue weighted by atomic mass is 10.1. The van der Waals surface area contributed by atoms with Crippen LogP contribution in [0.4, 0.5) is 0 Å². The van der Waals surface area contributed by atoms with E-state index in [1.54, 1.807) is 0 Å². The van der Waals surface area contributed by atoms with Crippen LogP contribution in [0.15, 0.2) is 21.5 Å². The van der Waals surface area contributed by atoms with Gasteiger partial charge in [0, 0.05) is 25.7 Å². The van der Waals surface area contributed by atoms with E-state index in [1.807, 2.05) is 19.1 Å². The smallest absolute Gasteiger partial charge is 0.188 e. The maximum Gasteiger partial charge on any atom is 0.188 e. The molecule has 1 aromatic heterocycles. The molecule has 7 heteroatoms. The Morgan fingerprint density at radius 3 is 2.85 bits per heavy atom. The fraction of sp³-hybridized carbons (Fsp3) is 0.737. The zero-order valence-corrected chi connectivity index (χ0v) is 16.1. The third-order valence-electron chi connectivity index (χ3n) is 5.43. The Balaban J connectivity index is 1.58. The first-order valence-electron chi connectivity index (χ1n) is 9.83. The average molecular weight is 364 g/mol. The standard InChI is InChI=1S/C19H33N5O2/c1-3-23-8-4-5-16(23)13-21-19(20)22-14-17(18-7-6-15(2)26-18)24-9-11-25-12-10-24/h6-7,16-17H,3-5,8-14H2,1-2H3,(H3,20,21,22). The third-order valence-corrected chi connectivity index (χ3v) is 5.43. The largest absolute Gasteiger partial charge is 0.465 e. The number of hydrogen-bond donors (Lipinski definition) is 2. The van der Waals surface area contributed by atoms with Crippen molar-refractivity contribution in [1.82, 2.24) is 15.1 Å². The van der Waals surface area contributed by atoms with Gasteiger partial charge in [0.1, 0.15) is 11.5 Å². The molecule has 2 fully saturated rings. The van der Waals surface area contributed by atoms with E-state index in [1.165, 1.54) is 19.4 Å². The van der Waals surface area contributed by atoms with Gasteiger partial charge in [0.15, 0.2) is 5.96 Å². The number of hydrogen-bond acceptors (Lipinski definition) is 5. The lowest BCUT2D eigenvalue weighted by Crippen LogP contribution is -2.43. The molecule has 2 unspecified atom stereocenters. The fourth-order valence-corrected chi connectivity index (χ4v) is 3.91. The molecule has 0 amide bonds. The topological polar surface area (TPSA) is 79.3 Å². The van der Waals surface area contributed by atoms with E-state index in [2.05, 4.69) is 27.0 Å². The van der Waals surface area contributed by atoms with E-state index in [4.69, 9.17) is 14.9 Å². The third kappa shape index (κ3) is 4.99. The predicted molar refractivity (Wildman–Crippen MR) is 103 cm³/mol. The molecule has 0 spiro atoms. The molecule has 3 N–H and O–H groups in total. The van der Waals surface area contributed by atoms with Crippen LogP contribution in [-0.4, -0.2) is 74.3 Å². The summed E-state index contributed by atoms with van der Waals surface area (Å²) in [5.74, 6) is 2.40. The Morgan fingerprint density at radius 2 is 2.15 bits per heavy atom. The Labute approximate surface area is 156 Å². The molecule has 0 aliphatic carbocycles. The van der Waals surface area contributed by atoms with Gasteiger partial charge in [0.05, 0.1) is 25.8 Å². The summed E-state index contributed by atoms with van der Waals surface area (Å²) in [6.07, 6.45) is 2.50. The molecule has 2 atom stereocenters. The molecule has 7 nitrogen and oxygen atoms in total. The van der Waals surface area contributed by atoms with E-state index >= 15 is 0 Å². The Bertz CT molecular complexity index is 582. The van der Waals surface area contributed by atoms with Gasteiger partial charge in [-0.15, -0.1) is 0 Å². The molecule has 26 heavy (non-hydrogen) atoms. The van der Waals surface area contributed by atoms with E-state index in [9.17, 15) is 0 Å². The zero-order chi connectivity index (χ0) is 18.4. The molecule has 3 heterocycles. The second-order valence-electron chi connectivity index (χ2n) is 7.14. The molecule has 2 saturated heterocycles. The van der Waals surface area contributed by atoms with Crippen LogP contribution in [-0.2, 0) is 4.74 Å². The van der Waals surface area contributed by atoms with Crippen LogP contribution in [0.25, 0.3) is 0 Å². The number of guanidine groups is 1. The molecule has 2 aliphatic rings. The summed E-state index contributed by atoms with van der Waals surface area (Å²) in [5, 5.41) is 3.32. The summed E-state index contributed by atoms with van der Waals surface area (Å²) in [6, 6.07) is 4.72. The SMILES string of the molecule is CCN1CCCC1CNC(N)=NCC(c1ccc(C)o1)N1CCOCC1. The minimum Gasteiger partial charge on any atom is -0.465 e. The minimum atomic E-state index is 0.103. The van der Waals surface area contributed by atoms with E-state index in [0.29, 0.717) is 18.5 Å². The summed E-state index contributed by atoms with van der Waals surface area (Å²) < 4.78 is 11.4. The van der Waals surface area contributed by atoms with Gasteiger partial charge in [-0.05, 0) is 45.0 Å². The van der Waals surface area contributed by atoms with Crippen LogP contribution in [0.2, 0.25) is 0 Å². The second-order valence-corrected chi connectivity index (χ2v) is 7.14. The number of aliphatic imine (C=N–C) groups is 1. The molecule has 3 rings (SSSR count). The first kappa shape index (κ1) is 19.2. The molecule has 0 aromatic carbocycles. The van der Waals surface area contributed by atoms with Crippen molar-refractivity contribution in [3.8, 4) is 0 Å². The van der Waals surface area contributed by atoms with Crippen molar-refractivity contribution in [2.75, 3.05) is 52.5 Å². The van der Waals surface area contributed by atoms with Crippen molar-refractivity contribution in [3.63, 3.8) is 0 Å². The highest BCUT2D eigenvalue weighted by Gasteiger charge is 2.25. The number of furan rings is 1. The molecular formula is C19H33N5O2. The molecule has 0 radical (unpaired) electrons. The zero-order valence-electron chi connectivity index (χ0n) is 16.1. The summed E-state index contributed by atoms with van der Waals surface area (Å²) in [7, 11) is 0. The van der Waals surface area contributed by atoms with Gasteiger partial charge in [-0.25, -0.2) is 0 Å². The highest BCUT2D eigenvalue weighted by molar-refractivity contribution is 5.77. The summed E-state index contributed by atoms with van der Waals surface area (Å²) >= 11 is 0. The molecular weight excluding hydrogens is 330 g/mol. The maximum absolute atomic E-state index is 6.15. The van der Waals surface area contributed by atoms with Crippen molar-refractivity contribution < 1.29 is 9.15 Å². The monoisotopic (exact) mass is 363 g/mol. The van der Waals surface area contributed by atoms with E-state index in [-0.39, 0.29) is 6.04 Å². The van der Waals surface area contributed by atoms with Crippen LogP contribution in [0, 0.1) is 6.92 Å². The van der Waals surface area contributed by atoms with Crippen LogP contribution in [0.5, 0.6) is 0 Å². The van der Waals surface area contributed by atoms with Crippen molar-refractivity contribution in [1.29, 1.82) is 0 Å². The van der Waals surface area contributed by atoms with Gasteiger partial charge in [-0.3, -0.25) is 14.8 Å². The Hall–Kier alpha value is -1.57. The minimum absolute atomic E-state index is 0.103. The fourth-order valence-electron chi connectivity index (χ4n) is 3.91. The van der Waals surface area contributed by atoms with Crippen LogP contribution in [0.3, 0.4) is 0 Å². The Morgan fingerprint density at radius 1 is 1.35 bits per heavy atom. The number of ether oxygens (including phenoxy) is 1. The highest BCUT2D eigenvalue weighted by Crippen LogP contribution is 2.24. The number of rotatable bonds is 7. The van der Waals surface area contributed by atoms with Gasteiger partial charge in [0.2, 0.25) is 0 Å². The van der Waals surface area contributed by atoms with Crippen molar-refractivity contribution >= 4 is 5.96 Å². The highest BCUT2D eigenvalue weighted by atomic mass is 16.5. The molecule has 0 saturated carbocycles. The number of nitrogens with one attached hydrogen (secondary N) is 1. The van der Waals surface area contributed by atoms with Gasteiger partial charge >= 0.3 is 0 Å². The predicted octanol–water partition coefficient (Wildman–Crippen LogP) is 1.35. The van der Waals surface area contributed by atoms with E-state index in [0.717, 1.165) is 50.9 Å². The number of aryl methyl sites for hydroxylation is 1. The van der Waals surface area contributed by atoms with Gasteiger partial charge < -0.3 is 20.2 Å². The lowest BCUT2D eigenvalue weighted by Gasteiger charge is -2.32. The van der Waals surface area contributed by atoms with Crippen molar-refractivity contribution in [3.05, 3.63) is 23.7 Å². The van der Waals surface area contributed by atoms with Crippen LogP contribution in [0.1, 0.15) is 37.3 Å². The van der Waals surface area contributed by atoms with Gasteiger partial charge in [-0.2, -0.15) is 0 Å². The van der Waals surface area contributed by atoms with Gasteiger partial charge in [0.25, 0.3) is 0 Å². The number of nitrogens with zero attached hydrogens (tertiary/aromatic N) is 3. The quantitative estimate of drug-likeness (QED) is 0.562. The van der Waals surface area contributed by atoms with Crippen molar-refractivity contribution in [2.24, 2.45) is 10.7 Å². The van der Waals surface area contributed by atoms with Crippen LogP contribution < -0.4 is 11.1 Å². The lowest BCUT2D eigenvalue weighted by molar-refractivity contribution is 0.0135. The normalized spacial score (nSPS) is 24.1. The number of likely N-dealkylation sites (N-methyl/N-ethyl adjacent to an activating group) is 1. The average Bonchev–Trinajstić information content (AvgIpc) is 3.29. The first-order valence-corrected chi connectivity index (χ1v) is 9.83. The summed E-state index contributed by atoms with van der Waals surface area (Å²) in [6.45, 7) is 11.2. The maximum atomic E-state index is 6.15. The summed E-state index contributed by atoms with van der Waals surface area (Å²) in [5.41, 5.74) is 6.15. The van der Waals surface area contributed by atoms with E-state index < -0.39 is 0 Å². The number of nitrogens with two attached hydrogens (primary N) is 1. The molecule has 2 aliphatic heterocycles. The number of likely N-dealkylation sites (tertiary alicyclic amines) is 1. The van der Waals surface area contributed by atoms with Gasteiger partial charge in [-0.1, -0.05) is 6.92 Å². The van der Waals surface area contributed by atoms with Crippen LogP contribution >= 0.6 is 0 Å². The second kappa shape index (κ2) is 9.39. The van der Waals surface area contributed by atoms with Crippen molar-refractivity contribution in [2.45, 2.75) is 38.8 Å². The first-order chi connectivity index (χ1) is 12.7. The number of morpholine rings is 1. The molecule has 0 bridgehead atoms. The molecule has 1 aromatic rings.